The molecule has 0 unspecified atom stereocenters. The van der Waals surface area contributed by atoms with E-state index in [2.05, 4.69) is 4.98 Å². The molecule has 3 aromatic rings. The first-order valence-electron chi connectivity index (χ1n) is 8.24. The Morgan fingerprint density at radius 3 is 2.52 bits per heavy atom. The molecular weight excluding hydrogens is 336 g/mol. The van der Waals surface area contributed by atoms with Crippen LogP contribution in [0.4, 0.5) is 0 Å². The van der Waals surface area contributed by atoms with Crippen LogP contribution in [0, 0.1) is 0 Å². The van der Waals surface area contributed by atoms with Crippen molar-refractivity contribution in [2.24, 2.45) is 18.5 Å². The van der Waals surface area contributed by atoms with E-state index in [0.29, 0.717) is 11.6 Å². The maximum Gasteiger partial charge on any atom is 0.250 e. The summed E-state index contributed by atoms with van der Waals surface area (Å²) in [5.74, 6) is 0.366. The van der Waals surface area contributed by atoms with Gasteiger partial charge in [-0.25, -0.2) is 4.98 Å². The second-order valence-electron chi connectivity index (χ2n) is 6.02. The van der Waals surface area contributed by atoms with E-state index in [0.717, 1.165) is 46.4 Å². The fourth-order valence-corrected chi connectivity index (χ4v) is 3.51. The molecule has 1 heterocycles. The number of aryl methyl sites for hydroxylation is 2. The number of carbonyl (C=O) groups excluding carboxylic acids is 1. The van der Waals surface area contributed by atoms with Crippen LogP contribution in [-0.4, -0.2) is 22.0 Å². The first kappa shape index (κ1) is 17.5. The predicted molar refractivity (Wildman–Crippen MR) is 102 cm³/mol. The lowest BCUT2D eigenvalue weighted by atomic mass is 9.98. The number of imidazole rings is 1. The summed E-state index contributed by atoms with van der Waals surface area (Å²) >= 11 is 6.58. The molecule has 0 fully saturated rings. The van der Waals surface area contributed by atoms with Gasteiger partial charge in [0.15, 0.2) is 0 Å². The van der Waals surface area contributed by atoms with Crippen molar-refractivity contribution in [3.05, 3.63) is 52.3 Å². The molecule has 25 heavy (non-hydrogen) atoms. The minimum Gasteiger partial charge on any atom is -0.366 e. The van der Waals surface area contributed by atoms with Gasteiger partial charge in [-0.3, -0.25) is 4.79 Å². The van der Waals surface area contributed by atoms with Gasteiger partial charge in [0.25, 0.3) is 0 Å². The SMILES string of the molecule is CCc1nc2cc(C(N)=O)c(Cl)c(-c3ccc(CCN)cc3)c2n1C. The van der Waals surface area contributed by atoms with Crippen LogP contribution in [0.15, 0.2) is 30.3 Å². The van der Waals surface area contributed by atoms with Gasteiger partial charge in [-0.05, 0) is 30.2 Å². The van der Waals surface area contributed by atoms with E-state index in [9.17, 15) is 4.79 Å². The number of nitrogens with two attached hydrogens (primary N) is 2. The molecule has 0 aliphatic heterocycles. The van der Waals surface area contributed by atoms with Gasteiger partial charge in [0.1, 0.15) is 5.82 Å². The first-order valence-corrected chi connectivity index (χ1v) is 8.62. The Labute approximate surface area is 151 Å². The summed E-state index contributed by atoms with van der Waals surface area (Å²) in [6.07, 6.45) is 1.60. The molecule has 6 heteroatoms. The molecule has 0 bridgehead atoms. The van der Waals surface area contributed by atoms with Crippen molar-refractivity contribution >= 4 is 28.5 Å². The van der Waals surface area contributed by atoms with Gasteiger partial charge < -0.3 is 16.0 Å². The summed E-state index contributed by atoms with van der Waals surface area (Å²) in [4.78, 5) is 16.5. The lowest BCUT2D eigenvalue weighted by Crippen LogP contribution is -2.12. The maximum atomic E-state index is 11.8. The van der Waals surface area contributed by atoms with Gasteiger partial charge in [-0.2, -0.15) is 0 Å². The van der Waals surface area contributed by atoms with Crippen LogP contribution >= 0.6 is 11.6 Å². The van der Waals surface area contributed by atoms with Crippen LogP contribution in [0.1, 0.15) is 28.7 Å². The zero-order valence-corrected chi connectivity index (χ0v) is 15.1. The number of amides is 1. The third-order valence-corrected chi connectivity index (χ3v) is 4.84. The van der Waals surface area contributed by atoms with E-state index in [1.165, 1.54) is 0 Å². The molecule has 0 atom stereocenters. The molecule has 4 N–H and O–H groups in total. The lowest BCUT2D eigenvalue weighted by Gasteiger charge is -2.12. The van der Waals surface area contributed by atoms with Gasteiger partial charge in [0, 0.05) is 19.0 Å². The molecule has 0 aliphatic rings. The third kappa shape index (κ3) is 3.01. The summed E-state index contributed by atoms with van der Waals surface area (Å²) in [5, 5.41) is 0.359. The highest BCUT2D eigenvalue weighted by Gasteiger charge is 2.21. The number of nitrogens with zero attached hydrogens (tertiary/aromatic N) is 2. The Hall–Kier alpha value is -2.37. The zero-order chi connectivity index (χ0) is 18.1. The first-order chi connectivity index (χ1) is 12.0. The molecule has 2 aromatic carbocycles. The Morgan fingerprint density at radius 2 is 1.96 bits per heavy atom. The van der Waals surface area contributed by atoms with Gasteiger partial charge in [-0.15, -0.1) is 0 Å². The average molecular weight is 357 g/mol. The fraction of sp³-hybridized carbons (Fsp3) is 0.263. The summed E-state index contributed by atoms with van der Waals surface area (Å²) in [6.45, 7) is 2.64. The van der Waals surface area contributed by atoms with Crippen molar-refractivity contribution < 1.29 is 4.79 Å². The van der Waals surface area contributed by atoms with E-state index >= 15 is 0 Å². The quantitative estimate of drug-likeness (QED) is 0.736. The van der Waals surface area contributed by atoms with Crippen molar-refractivity contribution in [1.82, 2.24) is 9.55 Å². The highest BCUT2D eigenvalue weighted by Crippen LogP contribution is 2.38. The van der Waals surface area contributed by atoms with Crippen LogP contribution in [0.2, 0.25) is 5.02 Å². The van der Waals surface area contributed by atoms with Crippen molar-refractivity contribution in [2.45, 2.75) is 19.8 Å². The number of rotatable bonds is 5. The maximum absolute atomic E-state index is 11.8. The number of fused-ring (bicyclic) bond motifs is 1. The Kier molecular flexibility index (Phi) is 4.79. The van der Waals surface area contributed by atoms with Crippen molar-refractivity contribution in [3.8, 4) is 11.1 Å². The molecule has 3 rings (SSSR count). The molecule has 0 saturated carbocycles. The summed E-state index contributed by atoms with van der Waals surface area (Å²) in [5.41, 5.74) is 15.9. The second-order valence-corrected chi connectivity index (χ2v) is 6.40. The minimum absolute atomic E-state index is 0.288. The molecule has 0 spiro atoms. The van der Waals surface area contributed by atoms with E-state index in [1.807, 2.05) is 42.8 Å². The standard InChI is InChI=1S/C19H21ClN4O/c1-3-15-23-14-10-13(19(22)25)17(20)16(18(14)24(15)2)12-6-4-11(5-7-12)8-9-21/h4-7,10H,3,8-9,21H2,1-2H3,(H2,22,25). The number of halogens is 1. The largest absolute Gasteiger partial charge is 0.366 e. The molecule has 0 saturated heterocycles. The van der Waals surface area contributed by atoms with Crippen LogP contribution in [0.5, 0.6) is 0 Å². The van der Waals surface area contributed by atoms with Crippen LogP contribution in [-0.2, 0) is 19.9 Å². The highest BCUT2D eigenvalue weighted by atomic mass is 35.5. The lowest BCUT2D eigenvalue weighted by molar-refractivity contribution is 0.100. The normalized spacial score (nSPS) is 11.2. The average Bonchev–Trinajstić information content (AvgIpc) is 2.91. The molecule has 130 valence electrons. The van der Waals surface area contributed by atoms with Gasteiger partial charge in [0.05, 0.1) is 21.6 Å². The van der Waals surface area contributed by atoms with E-state index in [-0.39, 0.29) is 5.56 Å². The van der Waals surface area contributed by atoms with Crippen LogP contribution in [0.3, 0.4) is 0 Å². The van der Waals surface area contributed by atoms with Crippen molar-refractivity contribution in [3.63, 3.8) is 0 Å². The minimum atomic E-state index is -0.559. The number of primary amides is 1. The molecular formula is C19H21ClN4O. The fourth-order valence-electron chi connectivity index (χ4n) is 3.17. The summed E-state index contributed by atoms with van der Waals surface area (Å²) in [7, 11) is 1.96. The van der Waals surface area contributed by atoms with Crippen molar-refractivity contribution in [1.29, 1.82) is 0 Å². The van der Waals surface area contributed by atoms with Gasteiger partial charge >= 0.3 is 0 Å². The van der Waals surface area contributed by atoms with Crippen LogP contribution < -0.4 is 11.5 Å². The number of hydrogen-bond donors (Lipinski definition) is 2. The molecule has 1 amide bonds. The summed E-state index contributed by atoms with van der Waals surface area (Å²) in [6, 6.07) is 9.71. The summed E-state index contributed by atoms with van der Waals surface area (Å²) < 4.78 is 2.02. The number of hydrogen-bond acceptors (Lipinski definition) is 3. The zero-order valence-electron chi connectivity index (χ0n) is 14.3. The third-order valence-electron chi connectivity index (χ3n) is 4.45. The highest BCUT2D eigenvalue weighted by molar-refractivity contribution is 6.38. The van der Waals surface area contributed by atoms with E-state index in [4.69, 9.17) is 23.1 Å². The molecule has 5 nitrogen and oxygen atoms in total. The van der Waals surface area contributed by atoms with E-state index < -0.39 is 5.91 Å². The van der Waals surface area contributed by atoms with Gasteiger partial charge in [-0.1, -0.05) is 42.8 Å². The Balaban J connectivity index is 2.32. The van der Waals surface area contributed by atoms with E-state index in [1.54, 1.807) is 6.07 Å². The topological polar surface area (TPSA) is 86.9 Å². The predicted octanol–water partition coefficient (Wildman–Crippen LogP) is 3.06. The van der Waals surface area contributed by atoms with Crippen molar-refractivity contribution in [2.75, 3.05) is 6.54 Å². The number of carbonyl (C=O) groups is 1. The number of benzene rings is 2. The smallest absolute Gasteiger partial charge is 0.250 e. The molecule has 0 aliphatic carbocycles. The monoisotopic (exact) mass is 356 g/mol. The molecule has 0 radical (unpaired) electrons. The van der Waals surface area contributed by atoms with Crippen LogP contribution in [0.25, 0.3) is 22.2 Å². The Bertz CT molecular complexity index is 944. The van der Waals surface area contributed by atoms with Gasteiger partial charge in [0.2, 0.25) is 5.91 Å². The Morgan fingerprint density at radius 1 is 1.28 bits per heavy atom. The molecule has 1 aromatic heterocycles. The second kappa shape index (κ2) is 6.86. The number of aromatic nitrogens is 2.